The van der Waals surface area contributed by atoms with E-state index in [0.717, 1.165) is 31.3 Å². The van der Waals surface area contributed by atoms with Gasteiger partial charge in [-0.05, 0) is 37.3 Å². The Morgan fingerprint density at radius 1 is 1.18 bits per heavy atom. The number of nitrogens with one attached hydrogen (secondary N) is 1. The number of hydrogen-bond acceptors (Lipinski definition) is 3. The van der Waals surface area contributed by atoms with Gasteiger partial charge in [0.2, 0.25) is 5.88 Å². The van der Waals surface area contributed by atoms with Gasteiger partial charge in [0, 0.05) is 18.8 Å². The van der Waals surface area contributed by atoms with Crippen LogP contribution in [-0.2, 0) is 0 Å². The number of ether oxygens (including phenoxy) is 1. The van der Waals surface area contributed by atoms with Crippen LogP contribution >= 0.6 is 24.8 Å². The molecule has 1 aliphatic heterocycles. The first-order chi connectivity index (χ1) is 7.42. The lowest BCUT2D eigenvalue weighted by Gasteiger charge is -2.11. The van der Waals surface area contributed by atoms with E-state index in [1.54, 1.807) is 0 Å². The summed E-state index contributed by atoms with van der Waals surface area (Å²) in [6, 6.07) is 4.16. The van der Waals surface area contributed by atoms with E-state index >= 15 is 0 Å². The Morgan fingerprint density at radius 2 is 2.00 bits per heavy atom. The maximum Gasteiger partial charge on any atom is 0.213 e. The Bertz CT molecular complexity index is 335. The minimum Gasteiger partial charge on any atom is -0.473 e. The molecule has 0 radical (unpaired) electrons. The summed E-state index contributed by atoms with van der Waals surface area (Å²) in [5, 5.41) is 3.28. The number of rotatable bonds is 3. The summed E-state index contributed by atoms with van der Waals surface area (Å²) < 4.78 is 5.76. The zero-order chi connectivity index (χ0) is 10.1. The molecule has 17 heavy (non-hydrogen) atoms. The van der Waals surface area contributed by atoms with Gasteiger partial charge in [-0.1, -0.05) is 6.07 Å². The van der Waals surface area contributed by atoms with Crippen molar-refractivity contribution in [3.63, 3.8) is 0 Å². The molecule has 3 nitrogen and oxygen atoms in total. The molecule has 0 spiro atoms. The average molecular weight is 277 g/mol. The van der Waals surface area contributed by atoms with Crippen LogP contribution in [0, 0.1) is 0 Å². The number of nitrogens with zero attached hydrogens (tertiary/aromatic N) is 1. The van der Waals surface area contributed by atoms with Gasteiger partial charge in [0.05, 0.1) is 0 Å². The Morgan fingerprint density at radius 3 is 2.53 bits per heavy atom. The SMILES string of the molecule is Cl.Cl.c1cc(OC2CCNC2)ncc1C1CC1. The van der Waals surface area contributed by atoms with Gasteiger partial charge in [0.15, 0.2) is 0 Å². The lowest BCUT2D eigenvalue weighted by Crippen LogP contribution is -2.19. The number of aromatic nitrogens is 1. The summed E-state index contributed by atoms with van der Waals surface area (Å²) in [7, 11) is 0. The maximum absolute atomic E-state index is 5.76. The standard InChI is InChI=1S/C12H16N2O.2ClH/c1-2-9(1)10-3-4-12(14-7-10)15-11-5-6-13-8-11;;/h3-4,7,9,11,13H,1-2,5-6,8H2;2*1H. The fourth-order valence-electron chi connectivity index (χ4n) is 2.02. The van der Waals surface area contributed by atoms with Gasteiger partial charge in [-0.2, -0.15) is 0 Å². The Hall–Kier alpha value is -0.510. The van der Waals surface area contributed by atoms with E-state index in [9.17, 15) is 0 Å². The van der Waals surface area contributed by atoms with Crippen LogP contribution in [0.2, 0.25) is 0 Å². The first kappa shape index (κ1) is 14.6. The van der Waals surface area contributed by atoms with Crippen molar-refractivity contribution in [3.8, 4) is 5.88 Å². The highest BCUT2D eigenvalue weighted by Gasteiger charge is 2.24. The molecule has 1 aromatic heterocycles. The third-order valence-electron chi connectivity index (χ3n) is 3.11. The maximum atomic E-state index is 5.76. The molecule has 1 N–H and O–H groups in total. The minimum atomic E-state index is 0. The van der Waals surface area contributed by atoms with Crippen LogP contribution < -0.4 is 10.1 Å². The van der Waals surface area contributed by atoms with E-state index in [2.05, 4.69) is 16.4 Å². The van der Waals surface area contributed by atoms with E-state index in [-0.39, 0.29) is 24.8 Å². The van der Waals surface area contributed by atoms with Crippen LogP contribution in [-0.4, -0.2) is 24.2 Å². The van der Waals surface area contributed by atoms with E-state index in [1.807, 2.05) is 12.3 Å². The summed E-state index contributed by atoms with van der Waals surface area (Å²) >= 11 is 0. The quantitative estimate of drug-likeness (QED) is 0.922. The van der Waals surface area contributed by atoms with Crippen molar-refractivity contribution in [1.82, 2.24) is 10.3 Å². The zero-order valence-electron chi connectivity index (χ0n) is 9.59. The van der Waals surface area contributed by atoms with Gasteiger partial charge < -0.3 is 10.1 Å². The third kappa shape index (κ3) is 3.73. The van der Waals surface area contributed by atoms with Crippen molar-refractivity contribution >= 4 is 24.8 Å². The van der Waals surface area contributed by atoms with Crippen molar-refractivity contribution in [2.24, 2.45) is 0 Å². The van der Waals surface area contributed by atoms with Gasteiger partial charge in [-0.25, -0.2) is 4.98 Å². The zero-order valence-corrected chi connectivity index (χ0v) is 11.2. The molecule has 1 aliphatic carbocycles. The van der Waals surface area contributed by atoms with E-state index in [0.29, 0.717) is 6.10 Å². The molecule has 2 heterocycles. The molecular formula is C12H18Cl2N2O. The van der Waals surface area contributed by atoms with E-state index < -0.39 is 0 Å². The Kier molecular flexibility index (Phi) is 5.50. The minimum absolute atomic E-state index is 0. The number of hydrogen-bond donors (Lipinski definition) is 1. The molecule has 2 aliphatic rings. The lowest BCUT2D eigenvalue weighted by atomic mass is 10.2. The highest BCUT2D eigenvalue weighted by atomic mass is 35.5. The predicted molar refractivity (Wildman–Crippen MR) is 72.6 cm³/mol. The van der Waals surface area contributed by atoms with Crippen molar-refractivity contribution in [3.05, 3.63) is 23.9 Å². The highest BCUT2D eigenvalue weighted by molar-refractivity contribution is 5.85. The summed E-state index contributed by atoms with van der Waals surface area (Å²) in [4.78, 5) is 4.35. The molecular weight excluding hydrogens is 259 g/mol. The molecule has 1 atom stereocenters. The molecule has 1 saturated heterocycles. The second kappa shape index (κ2) is 6.43. The molecule has 96 valence electrons. The van der Waals surface area contributed by atoms with Crippen LogP contribution in [0.15, 0.2) is 18.3 Å². The van der Waals surface area contributed by atoms with Crippen LogP contribution in [0.5, 0.6) is 5.88 Å². The van der Waals surface area contributed by atoms with Gasteiger partial charge in [-0.15, -0.1) is 24.8 Å². The summed E-state index contributed by atoms with van der Waals surface area (Å²) in [6.07, 6.45) is 6.02. The number of halogens is 2. The number of pyridine rings is 1. The summed E-state index contributed by atoms with van der Waals surface area (Å²) in [6.45, 7) is 2.01. The summed E-state index contributed by atoms with van der Waals surface area (Å²) in [5.41, 5.74) is 1.37. The van der Waals surface area contributed by atoms with Crippen LogP contribution in [0.1, 0.15) is 30.7 Å². The normalized spacial score (nSPS) is 22.5. The third-order valence-corrected chi connectivity index (χ3v) is 3.11. The predicted octanol–water partition coefficient (Wildman–Crippen LogP) is 2.54. The molecule has 1 unspecified atom stereocenters. The second-order valence-electron chi connectivity index (χ2n) is 4.44. The van der Waals surface area contributed by atoms with Crippen LogP contribution in [0.4, 0.5) is 0 Å². The van der Waals surface area contributed by atoms with Crippen molar-refractivity contribution in [1.29, 1.82) is 0 Å². The molecule has 3 rings (SSSR count). The van der Waals surface area contributed by atoms with Gasteiger partial charge >= 0.3 is 0 Å². The van der Waals surface area contributed by atoms with Crippen molar-refractivity contribution in [2.45, 2.75) is 31.3 Å². The van der Waals surface area contributed by atoms with E-state index in [1.165, 1.54) is 18.4 Å². The molecule has 1 saturated carbocycles. The van der Waals surface area contributed by atoms with Gasteiger partial charge in [0.1, 0.15) is 6.10 Å². The van der Waals surface area contributed by atoms with E-state index in [4.69, 9.17) is 4.74 Å². The van der Waals surface area contributed by atoms with Crippen molar-refractivity contribution in [2.75, 3.05) is 13.1 Å². The lowest BCUT2D eigenvalue weighted by molar-refractivity contribution is 0.214. The molecule has 0 aromatic carbocycles. The average Bonchev–Trinajstić information content (AvgIpc) is 2.99. The molecule has 0 amide bonds. The summed E-state index contributed by atoms with van der Waals surface area (Å²) in [5.74, 6) is 1.55. The van der Waals surface area contributed by atoms with Gasteiger partial charge in [-0.3, -0.25) is 0 Å². The van der Waals surface area contributed by atoms with Crippen LogP contribution in [0.3, 0.4) is 0 Å². The molecule has 0 bridgehead atoms. The Labute approximate surface area is 114 Å². The topological polar surface area (TPSA) is 34.1 Å². The first-order valence-corrected chi connectivity index (χ1v) is 5.75. The smallest absolute Gasteiger partial charge is 0.213 e. The Balaban J connectivity index is 0.000000722. The molecule has 5 heteroatoms. The first-order valence-electron chi connectivity index (χ1n) is 5.75. The largest absolute Gasteiger partial charge is 0.473 e. The monoisotopic (exact) mass is 276 g/mol. The van der Waals surface area contributed by atoms with Crippen LogP contribution in [0.25, 0.3) is 0 Å². The fraction of sp³-hybridized carbons (Fsp3) is 0.583. The highest BCUT2D eigenvalue weighted by Crippen LogP contribution is 2.39. The molecule has 1 aromatic rings. The fourth-order valence-corrected chi connectivity index (χ4v) is 2.02. The molecule has 2 fully saturated rings. The second-order valence-corrected chi connectivity index (χ2v) is 4.44. The van der Waals surface area contributed by atoms with Gasteiger partial charge in [0.25, 0.3) is 0 Å². The van der Waals surface area contributed by atoms with Crippen molar-refractivity contribution < 1.29 is 4.74 Å².